The highest BCUT2D eigenvalue weighted by Gasteiger charge is 2.14. The molecule has 0 aliphatic rings. The fourth-order valence-electron chi connectivity index (χ4n) is 5.17. The predicted molar refractivity (Wildman–Crippen MR) is 179 cm³/mol. The van der Waals surface area contributed by atoms with Gasteiger partial charge in [0.05, 0.1) is 18.2 Å². The molecule has 0 N–H and O–H groups in total. The minimum absolute atomic E-state index is 0.656. The van der Waals surface area contributed by atoms with E-state index >= 15 is 0 Å². The van der Waals surface area contributed by atoms with Gasteiger partial charge in [0.2, 0.25) is 0 Å². The number of nitrogens with zero attached hydrogens (tertiary/aromatic N) is 1. The van der Waals surface area contributed by atoms with E-state index in [1.54, 1.807) is 5.56 Å². The van der Waals surface area contributed by atoms with Crippen molar-refractivity contribution in [1.82, 2.24) is 0 Å². The van der Waals surface area contributed by atoms with Crippen LogP contribution in [0.25, 0.3) is 21.4 Å². The van der Waals surface area contributed by atoms with Crippen LogP contribution in [-0.2, 0) is 12.8 Å². The van der Waals surface area contributed by atoms with Crippen LogP contribution in [-0.4, -0.2) is 6.61 Å². The third-order valence-electron chi connectivity index (χ3n) is 7.48. The molecule has 2 aromatic heterocycles. The molecule has 214 valence electrons. The van der Waals surface area contributed by atoms with Gasteiger partial charge in [-0.15, -0.1) is 22.7 Å². The zero-order valence-electron chi connectivity index (χ0n) is 24.9. The van der Waals surface area contributed by atoms with Gasteiger partial charge in [-0.1, -0.05) is 69.4 Å². The number of nitriles is 1. The largest absolute Gasteiger partial charge is 0.494 e. The summed E-state index contributed by atoms with van der Waals surface area (Å²) in [5.41, 5.74) is 5.68. The van der Waals surface area contributed by atoms with Crippen LogP contribution in [0.4, 0.5) is 0 Å². The number of aryl methyl sites for hydroxylation is 4. The van der Waals surface area contributed by atoms with Crippen molar-refractivity contribution in [2.24, 2.45) is 0 Å². The molecule has 0 aliphatic carbocycles. The summed E-state index contributed by atoms with van der Waals surface area (Å²) in [6.07, 6.45) is 14.3. The van der Waals surface area contributed by atoms with E-state index in [0.29, 0.717) is 5.57 Å². The SMILES string of the molecule is CCCCCCc1cc(-c2sc(C)cc2CCCCCCOc2ccc(/C(C#N)=C/c3ccccc3)cc2)sc1C. The smallest absolute Gasteiger partial charge is 0.119 e. The monoisotopic (exact) mass is 581 g/mol. The third kappa shape index (κ3) is 9.45. The van der Waals surface area contributed by atoms with Crippen molar-refractivity contribution in [3.63, 3.8) is 0 Å². The molecule has 0 saturated heterocycles. The van der Waals surface area contributed by atoms with Crippen LogP contribution in [0.3, 0.4) is 0 Å². The molecule has 0 saturated carbocycles. The molecule has 0 fully saturated rings. The molecular weight excluding hydrogens is 539 g/mol. The Hall–Kier alpha value is -3.13. The van der Waals surface area contributed by atoms with E-state index in [2.05, 4.69) is 39.0 Å². The molecule has 0 amide bonds. The van der Waals surface area contributed by atoms with Crippen LogP contribution in [0.2, 0.25) is 0 Å². The second kappa shape index (κ2) is 16.3. The maximum Gasteiger partial charge on any atom is 0.119 e. The first-order chi connectivity index (χ1) is 20.1. The summed E-state index contributed by atoms with van der Waals surface area (Å²) in [4.78, 5) is 5.89. The molecule has 4 heteroatoms. The van der Waals surface area contributed by atoms with Gasteiger partial charge in [0.1, 0.15) is 5.75 Å². The van der Waals surface area contributed by atoms with Crippen LogP contribution in [0.15, 0.2) is 66.7 Å². The van der Waals surface area contributed by atoms with E-state index in [0.717, 1.165) is 36.3 Å². The first kappa shape index (κ1) is 30.8. The number of ether oxygens (including phenoxy) is 1. The Kier molecular flexibility index (Phi) is 12.3. The summed E-state index contributed by atoms with van der Waals surface area (Å²) in [5, 5.41) is 9.61. The predicted octanol–water partition coefficient (Wildman–Crippen LogP) is 11.5. The average Bonchev–Trinajstić information content (AvgIpc) is 3.55. The molecule has 41 heavy (non-hydrogen) atoms. The highest BCUT2D eigenvalue weighted by atomic mass is 32.1. The van der Waals surface area contributed by atoms with E-state index in [1.807, 2.05) is 83.3 Å². The molecule has 4 rings (SSSR count). The molecule has 2 nitrogen and oxygen atoms in total. The molecule has 2 aromatic carbocycles. The highest BCUT2D eigenvalue weighted by Crippen LogP contribution is 2.39. The van der Waals surface area contributed by atoms with Gasteiger partial charge in [0.15, 0.2) is 0 Å². The second-order valence-electron chi connectivity index (χ2n) is 10.8. The Balaban J connectivity index is 1.19. The normalized spacial score (nSPS) is 11.5. The zero-order valence-corrected chi connectivity index (χ0v) is 26.5. The Labute approximate surface area is 255 Å². The molecule has 0 bridgehead atoms. The molecule has 0 unspecified atom stereocenters. The molecule has 0 atom stereocenters. The van der Waals surface area contributed by atoms with Crippen molar-refractivity contribution >= 4 is 34.3 Å². The minimum atomic E-state index is 0.656. The Bertz CT molecular complexity index is 1420. The van der Waals surface area contributed by atoms with Gasteiger partial charge >= 0.3 is 0 Å². The van der Waals surface area contributed by atoms with Crippen LogP contribution in [0, 0.1) is 25.2 Å². The Morgan fingerprint density at radius 1 is 0.805 bits per heavy atom. The van der Waals surface area contributed by atoms with Gasteiger partial charge in [0.25, 0.3) is 0 Å². The third-order valence-corrected chi connectivity index (χ3v) is 9.85. The Morgan fingerprint density at radius 3 is 2.24 bits per heavy atom. The van der Waals surface area contributed by atoms with E-state index in [9.17, 15) is 5.26 Å². The van der Waals surface area contributed by atoms with Crippen molar-refractivity contribution in [3.8, 4) is 21.6 Å². The number of benzene rings is 2. The van der Waals surface area contributed by atoms with E-state index in [-0.39, 0.29) is 0 Å². The van der Waals surface area contributed by atoms with Gasteiger partial charge in [0, 0.05) is 19.5 Å². The molecule has 0 aliphatic heterocycles. The summed E-state index contributed by atoms with van der Waals surface area (Å²) in [6, 6.07) is 25.0. The summed E-state index contributed by atoms with van der Waals surface area (Å²) >= 11 is 3.95. The summed E-state index contributed by atoms with van der Waals surface area (Å²) < 4.78 is 5.99. The topological polar surface area (TPSA) is 33.0 Å². The quantitative estimate of drug-likeness (QED) is 0.0749. The van der Waals surface area contributed by atoms with Crippen molar-refractivity contribution < 1.29 is 4.74 Å². The van der Waals surface area contributed by atoms with Gasteiger partial charge in [-0.3, -0.25) is 0 Å². The summed E-state index contributed by atoms with van der Waals surface area (Å²) in [5.74, 6) is 0.861. The first-order valence-electron chi connectivity index (χ1n) is 15.2. The number of unbranched alkanes of at least 4 members (excludes halogenated alkanes) is 6. The molecule has 4 aromatic rings. The number of hydrogen-bond acceptors (Lipinski definition) is 4. The molecule has 0 spiro atoms. The number of rotatable bonds is 16. The van der Waals surface area contributed by atoms with E-state index < -0.39 is 0 Å². The fourth-order valence-corrected chi connectivity index (χ4v) is 7.44. The lowest BCUT2D eigenvalue weighted by molar-refractivity contribution is 0.304. The minimum Gasteiger partial charge on any atom is -0.494 e. The maximum absolute atomic E-state index is 9.61. The molecule has 0 radical (unpaired) electrons. The van der Waals surface area contributed by atoms with Crippen molar-refractivity contribution in [2.75, 3.05) is 6.61 Å². The highest BCUT2D eigenvalue weighted by molar-refractivity contribution is 7.22. The van der Waals surface area contributed by atoms with Crippen LogP contribution in [0.1, 0.15) is 90.3 Å². The van der Waals surface area contributed by atoms with Crippen molar-refractivity contribution in [2.45, 2.75) is 85.0 Å². The zero-order chi connectivity index (χ0) is 28.9. The summed E-state index contributed by atoms with van der Waals surface area (Å²) in [6.45, 7) is 7.55. The number of allylic oxidation sites excluding steroid dienone is 1. The van der Waals surface area contributed by atoms with Crippen molar-refractivity contribution in [3.05, 3.63) is 98.7 Å². The van der Waals surface area contributed by atoms with Gasteiger partial charge in [-0.05, 0) is 111 Å². The second-order valence-corrected chi connectivity index (χ2v) is 13.3. The summed E-state index contributed by atoms with van der Waals surface area (Å²) in [7, 11) is 0. The molecular formula is C37H43NOS2. The standard InChI is InChI=1S/C37H43NOS2/c1-4-5-6-12-17-32-26-36(41-29(32)3)37-33(24-28(2)40-37)18-13-7-8-14-23-39-35-21-19-31(20-22-35)34(27-38)25-30-15-10-9-11-16-30/h9-11,15-16,19-22,24-26H,4-8,12-14,17-18,23H2,1-3H3/b34-25+. The number of hydrogen-bond donors (Lipinski definition) is 0. The van der Waals surface area contributed by atoms with E-state index in [1.165, 1.54) is 76.4 Å². The van der Waals surface area contributed by atoms with Crippen molar-refractivity contribution in [1.29, 1.82) is 5.26 Å². The lowest BCUT2D eigenvalue weighted by Gasteiger charge is -2.07. The van der Waals surface area contributed by atoms with Crippen LogP contribution < -0.4 is 4.74 Å². The first-order valence-corrected chi connectivity index (χ1v) is 16.8. The van der Waals surface area contributed by atoms with Crippen LogP contribution in [0.5, 0.6) is 5.75 Å². The van der Waals surface area contributed by atoms with Gasteiger partial charge in [-0.2, -0.15) is 5.26 Å². The average molecular weight is 582 g/mol. The lowest BCUT2D eigenvalue weighted by atomic mass is 10.0. The van der Waals surface area contributed by atoms with Gasteiger partial charge < -0.3 is 4.74 Å². The number of thiophene rings is 2. The lowest BCUT2D eigenvalue weighted by Crippen LogP contribution is -1.97. The maximum atomic E-state index is 9.61. The van der Waals surface area contributed by atoms with Gasteiger partial charge in [-0.25, -0.2) is 0 Å². The van der Waals surface area contributed by atoms with E-state index in [4.69, 9.17) is 4.74 Å². The Morgan fingerprint density at radius 2 is 1.51 bits per heavy atom. The molecule has 2 heterocycles. The van der Waals surface area contributed by atoms with Crippen LogP contribution >= 0.6 is 22.7 Å². The fraction of sp³-hybridized carbons (Fsp3) is 0.378.